The van der Waals surface area contributed by atoms with E-state index in [-0.39, 0.29) is 0 Å². The van der Waals surface area contributed by atoms with Crippen LogP contribution in [0.25, 0.3) is 0 Å². The van der Waals surface area contributed by atoms with Crippen molar-refractivity contribution in [2.24, 2.45) is 0 Å². The van der Waals surface area contributed by atoms with Crippen LogP contribution in [0.4, 0.5) is 0 Å². The van der Waals surface area contributed by atoms with Gasteiger partial charge in [0.25, 0.3) is 0 Å². The van der Waals surface area contributed by atoms with E-state index in [2.05, 4.69) is 0 Å². The van der Waals surface area contributed by atoms with Gasteiger partial charge in [-0.25, -0.2) is 0 Å². The van der Waals surface area contributed by atoms with E-state index < -0.39 is 49.1 Å². The zero-order valence-corrected chi connectivity index (χ0v) is 10.5. The van der Waals surface area contributed by atoms with E-state index in [4.69, 9.17) is 24.1 Å². The summed E-state index contributed by atoms with van der Waals surface area (Å²) in [5, 5.41) is 18.6. The molecule has 2 aliphatic heterocycles. The van der Waals surface area contributed by atoms with Gasteiger partial charge in [0.1, 0.15) is 12.2 Å². The highest BCUT2D eigenvalue weighted by atomic mass is 16.8. The molecule has 2 rings (SSSR count). The van der Waals surface area contributed by atoms with Crippen LogP contribution in [0.15, 0.2) is 0 Å². The monoisotopic (exact) mass is 262 g/mol. The highest BCUT2D eigenvalue weighted by Crippen LogP contribution is 2.39. The Hall–Kier alpha value is -0.730. The normalized spacial score (nSPS) is 39.4. The van der Waals surface area contributed by atoms with Crippen molar-refractivity contribution in [1.82, 2.24) is 0 Å². The first-order valence-corrected chi connectivity index (χ1v) is 5.81. The van der Waals surface area contributed by atoms with Crippen molar-refractivity contribution in [2.45, 2.75) is 57.3 Å². The standard InChI is InChI=1S/C11H18O7/c1-5(13)15-8-7(6(14)4-12)16-10-9(8)17-11(2,3)18-10/h6-10,12,14H,4H2,1-3H3/t6?,7-,8+,9-,10+/m0/s1. The number of rotatable bonds is 3. The van der Waals surface area contributed by atoms with Crippen LogP contribution in [0.3, 0.4) is 0 Å². The Morgan fingerprint density at radius 1 is 1.44 bits per heavy atom. The summed E-state index contributed by atoms with van der Waals surface area (Å²) in [5.41, 5.74) is 0. The molecule has 7 nitrogen and oxygen atoms in total. The van der Waals surface area contributed by atoms with Gasteiger partial charge in [-0.15, -0.1) is 0 Å². The van der Waals surface area contributed by atoms with Crippen molar-refractivity contribution >= 4 is 5.97 Å². The Morgan fingerprint density at radius 3 is 2.67 bits per heavy atom. The molecule has 0 radical (unpaired) electrons. The molecule has 0 spiro atoms. The van der Waals surface area contributed by atoms with Gasteiger partial charge in [0.2, 0.25) is 0 Å². The number of carbonyl (C=O) groups excluding carboxylic acids is 1. The summed E-state index contributed by atoms with van der Waals surface area (Å²) < 4.78 is 21.6. The minimum absolute atomic E-state index is 0.495. The second kappa shape index (κ2) is 4.75. The van der Waals surface area contributed by atoms with E-state index in [9.17, 15) is 9.90 Å². The number of hydrogen-bond donors (Lipinski definition) is 2. The quantitative estimate of drug-likeness (QED) is 0.639. The van der Waals surface area contributed by atoms with Gasteiger partial charge in [0.15, 0.2) is 24.3 Å². The number of carbonyl (C=O) groups is 1. The van der Waals surface area contributed by atoms with E-state index in [1.165, 1.54) is 6.92 Å². The fraction of sp³-hybridized carbons (Fsp3) is 0.909. The first-order valence-electron chi connectivity index (χ1n) is 5.81. The summed E-state index contributed by atoms with van der Waals surface area (Å²) >= 11 is 0. The number of aliphatic hydroxyl groups excluding tert-OH is 2. The first-order chi connectivity index (χ1) is 8.34. The molecule has 2 heterocycles. The molecule has 0 aromatic rings. The molecule has 0 saturated carbocycles. The molecule has 2 saturated heterocycles. The molecule has 0 aromatic carbocycles. The summed E-state index contributed by atoms with van der Waals surface area (Å²) in [6.45, 7) is 4.20. The van der Waals surface area contributed by atoms with E-state index in [1.54, 1.807) is 13.8 Å². The van der Waals surface area contributed by atoms with Crippen LogP contribution in [0.5, 0.6) is 0 Å². The van der Waals surface area contributed by atoms with E-state index in [0.29, 0.717) is 0 Å². The van der Waals surface area contributed by atoms with Crippen LogP contribution in [0.1, 0.15) is 20.8 Å². The van der Waals surface area contributed by atoms with Crippen molar-refractivity contribution in [2.75, 3.05) is 6.61 Å². The molecule has 2 fully saturated rings. The van der Waals surface area contributed by atoms with Crippen molar-refractivity contribution in [3.8, 4) is 0 Å². The Kier molecular flexibility index (Phi) is 3.61. The van der Waals surface area contributed by atoms with Gasteiger partial charge in [-0.05, 0) is 13.8 Å². The van der Waals surface area contributed by atoms with Crippen LogP contribution in [-0.2, 0) is 23.7 Å². The molecule has 0 amide bonds. The van der Waals surface area contributed by atoms with Gasteiger partial charge >= 0.3 is 5.97 Å². The molecular formula is C11H18O7. The Morgan fingerprint density at radius 2 is 2.11 bits per heavy atom. The fourth-order valence-corrected chi connectivity index (χ4v) is 2.24. The third-order valence-corrected chi connectivity index (χ3v) is 2.90. The maximum Gasteiger partial charge on any atom is 0.303 e. The molecule has 1 unspecified atom stereocenters. The molecule has 2 aliphatic rings. The molecule has 7 heteroatoms. The van der Waals surface area contributed by atoms with Crippen molar-refractivity contribution in [3.63, 3.8) is 0 Å². The van der Waals surface area contributed by atoms with Crippen LogP contribution in [-0.4, -0.2) is 59.3 Å². The fourth-order valence-electron chi connectivity index (χ4n) is 2.24. The Bertz CT molecular complexity index is 329. The molecule has 104 valence electrons. The Labute approximate surface area is 105 Å². The van der Waals surface area contributed by atoms with Crippen molar-refractivity contribution in [1.29, 1.82) is 0 Å². The summed E-state index contributed by atoms with van der Waals surface area (Å²) in [7, 11) is 0. The molecule has 0 bridgehead atoms. The molecule has 5 atom stereocenters. The summed E-state index contributed by atoms with van der Waals surface area (Å²) in [5.74, 6) is -1.34. The van der Waals surface area contributed by atoms with E-state index in [1.807, 2.05) is 0 Å². The highest BCUT2D eigenvalue weighted by Gasteiger charge is 2.57. The van der Waals surface area contributed by atoms with Gasteiger partial charge in [0, 0.05) is 6.92 Å². The molecule has 0 aliphatic carbocycles. The lowest BCUT2D eigenvalue weighted by atomic mass is 10.1. The van der Waals surface area contributed by atoms with Crippen LogP contribution < -0.4 is 0 Å². The van der Waals surface area contributed by atoms with Gasteiger partial charge in [0.05, 0.1) is 6.61 Å². The third-order valence-electron chi connectivity index (χ3n) is 2.90. The summed E-state index contributed by atoms with van der Waals surface area (Å²) in [6.07, 6.45) is -4.12. The first kappa shape index (κ1) is 13.7. The molecular weight excluding hydrogens is 244 g/mol. The van der Waals surface area contributed by atoms with Crippen LogP contribution in [0, 0.1) is 0 Å². The number of aliphatic hydroxyl groups is 2. The minimum atomic E-state index is -1.16. The van der Waals surface area contributed by atoms with Crippen molar-refractivity contribution in [3.05, 3.63) is 0 Å². The SMILES string of the molecule is CC(=O)O[C@H]1[C@@H]2OC(C)(C)O[C@H]2O[C@H]1C(O)CO. The predicted octanol–water partition coefficient (Wildman–Crippen LogP) is -0.852. The van der Waals surface area contributed by atoms with E-state index >= 15 is 0 Å². The van der Waals surface area contributed by atoms with Gasteiger partial charge in [-0.1, -0.05) is 0 Å². The Balaban J connectivity index is 2.14. The third kappa shape index (κ3) is 2.50. The van der Waals surface area contributed by atoms with Crippen molar-refractivity contribution < 1.29 is 34.0 Å². The van der Waals surface area contributed by atoms with Gasteiger partial charge in [-0.2, -0.15) is 0 Å². The lowest BCUT2D eigenvalue weighted by molar-refractivity contribution is -0.230. The zero-order chi connectivity index (χ0) is 13.5. The lowest BCUT2D eigenvalue weighted by Crippen LogP contribution is -2.44. The summed E-state index contributed by atoms with van der Waals surface area (Å²) in [6, 6.07) is 0. The number of ether oxygens (including phenoxy) is 4. The molecule has 18 heavy (non-hydrogen) atoms. The maximum atomic E-state index is 11.1. The lowest BCUT2D eigenvalue weighted by Gasteiger charge is -2.27. The average molecular weight is 262 g/mol. The average Bonchev–Trinajstić information content (AvgIpc) is 2.71. The molecule has 2 N–H and O–H groups in total. The predicted molar refractivity (Wildman–Crippen MR) is 57.3 cm³/mol. The highest BCUT2D eigenvalue weighted by molar-refractivity contribution is 5.66. The van der Waals surface area contributed by atoms with Crippen LogP contribution in [0.2, 0.25) is 0 Å². The topological polar surface area (TPSA) is 94.5 Å². The van der Waals surface area contributed by atoms with Gasteiger partial charge in [-0.3, -0.25) is 4.79 Å². The summed E-state index contributed by atoms with van der Waals surface area (Å²) in [4.78, 5) is 11.1. The minimum Gasteiger partial charge on any atom is -0.457 e. The second-order valence-corrected chi connectivity index (χ2v) is 4.89. The number of esters is 1. The smallest absolute Gasteiger partial charge is 0.303 e. The zero-order valence-electron chi connectivity index (χ0n) is 10.5. The molecule has 0 aromatic heterocycles. The van der Waals surface area contributed by atoms with Crippen LogP contribution >= 0.6 is 0 Å². The second-order valence-electron chi connectivity index (χ2n) is 4.89. The largest absolute Gasteiger partial charge is 0.457 e. The number of hydrogen-bond acceptors (Lipinski definition) is 7. The number of fused-ring (bicyclic) bond motifs is 1. The maximum absolute atomic E-state index is 11.1. The van der Waals surface area contributed by atoms with Gasteiger partial charge < -0.3 is 29.2 Å². The van der Waals surface area contributed by atoms with E-state index in [0.717, 1.165) is 0 Å².